The molecule has 0 aliphatic carbocycles. The number of carbonyl (C=O) groups is 1. The van der Waals surface area contributed by atoms with E-state index in [0.29, 0.717) is 6.42 Å². The van der Waals surface area contributed by atoms with Gasteiger partial charge in [0.2, 0.25) is 0 Å². The first-order chi connectivity index (χ1) is 8.83. The number of aromatic nitrogens is 1. The lowest BCUT2D eigenvalue weighted by Gasteiger charge is -2.25. The molecule has 2 heterocycles. The summed E-state index contributed by atoms with van der Waals surface area (Å²) in [7, 11) is 0. The van der Waals surface area contributed by atoms with Crippen LogP contribution in [0.2, 0.25) is 0 Å². The molecule has 1 atom stereocenters. The fourth-order valence-electron chi connectivity index (χ4n) is 1.97. The van der Waals surface area contributed by atoms with Crippen molar-refractivity contribution in [1.29, 1.82) is 0 Å². The summed E-state index contributed by atoms with van der Waals surface area (Å²) in [4.78, 5) is 16.4. The molecule has 19 heavy (non-hydrogen) atoms. The Balaban J connectivity index is 0.00000133. The summed E-state index contributed by atoms with van der Waals surface area (Å²) >= 11 is 1.56. The third-order valence-electron chi connectivity index (χ3n) is 3.16. The van der Waals surface area contributed by atoms with Gasteiger partial charge in [-0.3, -0.25) is 4.79 Å². The van der Waals surface area contributed by atoms with Crippen LogP contribution in [-0.2, 0) is 11.2 Å². The molecule has 3 rings (SSSR count). The van der Waals surface area contributed by atoms with E-state index < -0.39 is 0 Å². The third-order valence-corrected chi connectivity index (χ3v) is 4.01. The van der Waals surface area contributed by atoms with Crippen LogP contribution in [0.5, 0.6) is 0 Å². The molecule has 1 aromatic carbocycles. The van der Waals surface area contributed by atoms with Crippen LogP contribution in [0, 0.1) is 0 Å². The van der Waals surface area contributed by atoms with Gasteiger partial charge in [0.1, 0.15) is 5.01 Å². The molecule has 1 aliphatic rings. The number of carbonyl (C=O) groups excluding carboxylic acids is 1. The molecule has 1 aliphatic heterocycles. The van der Waals surface area contributed by atoms with Crippen molar-refractivity contribution in [2.45, 2.75) is 18.9 Å². The molecular weight excluding hydrogens is 280 g/mol. The lowest BCUT2D eigenvalue weighted by atomic mass is 10.0. The number of thiazole rings is 1. The van der Waals surface area contributed by atoms with E-state index in [9.17, 15) is 4.79 Å². The van der Waals surface area contributed by atoms with Crippen molar-refractivity contribution in [2.75, 3.05) is 6.54 Å². The largest absolute Gasteiger partial charge is 0.307 e. The Morgan fingerprint density at radius 2 is 2.11 bits per heavy atom. The lowest BCUT2D eigenvalue weighted by molar-refractivity contribution is -0.121. The molecule has 1 saturated heterocycles. The number of nitrogens with one attached hydrogen (secondary N) is 1. The first kappa shape index (κ1) is 14.2. The minimum absolute atomic E-state index is 0. The van der Waals surface area contributed by atoms with E-state index in [1.807, 2.05) is 35.7 Å². The summed E-state index contributed by atoms with van der Waals surface area (Å²) < 4.78 is 0. The van der Waals surface area contributed by atoms with E-state index in [0.717, 1.165) is 29.2 Å². The fraction of sp³-hybridized carbons (Fsp3) is 0.286. The number of halogens is 1. The highest BCUT2D eigenvalue weighted by Gasteiger charge is 2.24. The highest BCUT2D eigenvalue weighted by atomic mass is 35.5. The van der Waals surface area contributed by atoms with Crippen molar-refractivity contribution in [3.8, 4) is 11.3 Å². The number of hydrogen-bond donors (Lipinski definition) is 1. The summed E-state index contributed by atoms with van der Waals surface area (Å²) in [6.45, 7) is 0.962. The maximum absolute atomic E-state index is 11.8. The molecule has 0 unspecified atom stereocenters. The first-order valence-corrected chi connectivity index (χ1v) is 6.97. The van der Waals surface area contributed by atoms with Crippen molar-refractivity contribution in [1.82, 2.24) is 10.3 Å². The zero-order valence-corrected chi connectivity index (χ0v) is 12.0. The van der Waals surface area contributed by atoms with Gasteiger partial charge in [-0.25, -0.2) is 4.98 Å². The van der Waals surface area contributed by atoms with E-state index in [4.69, 9.17) is 0 Å². The second-order valence-electron chi connectivity index (χ2n) is 4.43. The number of benzene rings is 1. The average molecular weight is 295 g/mol. The number of hydrogen-bond acceptors (Lipinski definition) is 4. The van der Waals surface area contributed by atoms with Crippen LogP contribution in [0.15, 0.2) is 35.7 Å². The normalized spacial score (nSPS) is 17.4. The van der Waals surface area contributed by atoms with Gasteiger partial charge in [0.25, 0.3) is 0 Å². The van der Waals surface area contributed by atoms with E-state index in [-0.39, 0.29) is 24.2 Å². The molecule has 1 fully saturated rings. The van der Waals surface area contributed by atoms with Gasteiger partial charge in [-0.2, -0.15) is 0 Å². The van der Waals surface area contributed by atoms with Crippen LogP contribution in [0.4, 0.5) is 0 Å². The van der Waals surface area contributed by atoms with E-state index in [1.54, 1.807) is 11.3 Å². The monoisotopic (exact) mass is 294 g/mol. The van der Waals surface area contributed by atoms with Gasteiger partial charge in [-0.05, 0) is 13.0 Å². The van der Waals surface area contributed by atoms with Gasteiger partial charge in [0.05, 0.1) is 18.2 Å². The zero-order valence-electron chi connectivity index (χ0n) is 10.3. The van der Waals surface area contributed by atoms with Crippen LogP contribution in [-0.4, -0.2) is 23.4 Å². The second kappa shape index (κ2) is 6.28. The molecular formula is C14H15ClN2OS. The predicted molar refractivity (Wildman–Crippen MR) is 79.9 cm³/mol. The van der Waals surface area contributed by atoms with Gasteiger partial charge in [-0.1, -0.05) is 30.3 Å². The Morgan fingerprint density at radius 3 is 2.74 bits per heavy atom. The van der Waals surface area contributed by atoms with Gasteiger partial charge in [0.15, 0.2) is 5.78 Å². The third kappa shape index (κ3) is 3.21. The molecule has 0 bridgehead atoms. The Morgan fingerprint density at radius 1 is 1.37 bits per heavy atom. The van der Waals surface area contributed by atoms with Gasteiger partial charge in [0, 0.05) is 10.9 Å². The molecule has 1 N–H and O–H groups in total. The standard InChI is InChI=1S/C14H14N2OS.ClH/c17-13(11-6-7-15-11)8-14-16-12(9-18-14)10-4-2-1-3-5-10;/h1-5,9,11,15H,6-8H2;1H/t11-;/m0./s1. The highest BCUT2D eigenvalue weighted by molar-refractivity contribution is 7.10. The van der Waals surface area contributed by atoms with Crippen LogP contribution in [0.25, 0.3) is 11.3 Å². The number of rotatable bonds is 4. The Bertz CT molecular complexity index is 552. The SMILES string of the molecule is Cl.O=C(Cc1nc(-c2ccccc2)cs1)[C@@H]1CCN1. The molecule has 5 heteroatoms. The number of nitrogens with zero attached hydrogens (tertiary/aromatic N) is 1. The summed E-state index contributed by atoms with van der Waals surface area (Å²) in [5.74, 6) is 0.259. The molecule has 0 spiro atoms. The molecule has 1 aromatic heterocycles. The summed E-state index contributed by atoms with van der Waals surface area (Å²) in [5, 5.41) is 6.06. The average Bonchev–Trinajstić information content (AvgIpc) is 2.76. The Labute approximate surface area is 122 Å². The van der Waals surface area contributed by atoms with Gasteiger partial charge < -0.3 is 5.32 Å². The second-order valence-corrected chi connectivity index (χ2v) is 5.37. The van der Waals surface area contributed by atoms with Crippen molar-refractivity contribution in [2.24, 2.45) is 0 Å². The summed E-state index contributed by atoms with van der Waals surface area (Å²) in [5.41, 5.74) is 2.07. The summed E-state index contributed by atoms with van der Waals surface area (Å²) in [6, 6.07) is 10.1. The van der Waals surface area contributed by atoms with E-state index in [1.165, 1.54) is 0 Å². The molecule has 0 radical (unpaired) electrons. The van der Waals surface area contributed by atoms with E-state index >= 15 is 0 Å². The van der Waals surface area contributed by atoms with Gasteiger partial charge in [-0.15, -0.1) is 23.7 Å². The first-order valence-electron chi connectivity index (χ1n) is 6.09. The van der Waals surface area contributed by atoms with Crippen molar-refractivity contribution < 1.29 is 4.79 Å². The van der Waals surface area contributed by atoms with E-state index in [2.05, 4.69) is 10.3 Å². The van der Waals surface area contributed by atoms with Crippen LogP contribution in [0.1, 0.15) is 11.4 Å². The topological polar surface area (TPSA) is 42.0 Å². The number of Topliss-reactive ketones (excluding diaryl/α,β-unsaturated/α-hetero) is 1. The number of ketones is 1. The molecule has 0 amide bonds. The van der Waals surface area contributed by atoms with Crippen LogP contribution >= 0.6 is 23.7 Å². The van der Waals surface area contributed by atoms with Crippen molar-refractivity contribution in [3.05, 3.63) is 40.7 Å². The highest BCUT2D eigenvalue weighted by Crippen LogP contribution is 2.22. The fourth-order valence-corrected chi connectivity index (χ4v) is 2.78. The zero-order chi connectivity index (χ0) is 12.4. The van der Waals surface area contributed by atoms with Crippen LogP contribution < -0.4 is 5.32 Å². The molecule has 3 nitrogen and oxygen atoms in total. The maximum Gasteiger partial charge on any atom is 0.156 e. The summed E-state index contributed by atoms with van der Waals surface area (Å²) in [6.07, 6.45) is 1.42. The lowest BCUT2D eigenvalue weighted by Crippen LogP contribution is -2.49. The van der Waals surface area contributed by atoms with Crippen LogP contribution in [0.3, 0.4) is 0 Å². The minimum Gasteiger partial charge on any atom is -0.307 e. The quantitative estimate of drug-likeness (QED) is 0.943. The Hall–Kier alpha value is -1.23. The van der Waals surface area contributed by atoms with Gasteiger partial charge >= 0.3 is 0 Å². The molecule has 100 valence electrons. The maximum atomic E-state index is 11.8. The van der Waals surface area contributed by atoms with Crippen molar-refractivity contribution in [3.63, 3.8) is 0 Å². The Kier molecular flexibility index (Phi) is 4.69. The smallest absolute Gasteiger partial charge is 0.156 e. The minimum atomic E-state index is 0. The molecule has 0 saturated carbocycles. The molecule has 2 aromatic rings. The van der Waals surface area contributed by atoms with Crippen molar-refractivity contribution >= 4 is 29.5 Å². The predicted octanol–water partition coefficient (Wildman–Crippen LogP) is 2.71.